The zero-order valence-corrected chi connectivity index (χ0v) is 14.3. The fourth-order valence-electron chi connectivity index (χ4n) is 3.08. The third kappa shape index (κ3) is 5.18. The van der Waals surface area contributed by atoms with Crippen molar-refractivity contribution in [3.63, 3.8) is 0 Å². The monoisotopic (exact) mass is 374 g/mol. The van der Waals surface area contributed by atoms with Crippen LogP contribution in [0.3, 0.4) is 0 Å². The van der Waals surface area contributed by atoms with E-state index in [9.17, 15) is 22.8 Å². The standard InChI is InChI=1S/C17H21F3N2O4/c1-26-10-12-5-3-2-4-11(12)6-21-15(23)9-22-7-13(16(24)25)14(8-22)17(18,19)20/h2-5,13-14H,6-10H2,1H3,(H,21,23)(H,24,25)/t13-,14-/m1/s1. The van der Waals surface area contributed by atoms with Crippen LogP contribution in [0, 0.1) is 11.8 Å². The number of nitrogens with zero attached hydrogens (tertiary/aromatic N) is 1. The average Bonchev–Trinajstić information content (AvgIpc) is 2.99. The molecule has 1 aromatic rings. The zero-order chi connectivity index (χ0) is 19.3. The maximum atomic E-state index is 13.0. The molecule has 1 amide bonds. The lowest BCUT2D eigenvalue weighted by Crippen LogP contribution is -2.37. The molecule has 1 saturated heterocycles. The second-order valence-electron chi connectivity index (χ2n) is 6.27. The lowest BCUT2D eigenvalue weighted by Gasteiger charge is -2.18. The highest BCUT2D eigenvalue weighted by Crippen LogP contribution is 2.37. The first-order chi connectivity index (χ1) is 12.2. The number of halogens is 3. The third-order valence-electron chi connectivity index (χ3n) is 4.39. The summed E-state index contributed by atoms with van der Waals surface area (Å²) in [5.41, 5.74) is 1.75. The van der Waals surface area contributed by atoms with Crippen LogP contribution in [0.25, 0.3) is 0 Å². The van der Waals surface area contributed by atoms with Gasteiger partial charge in [0.05, 0.1) is 25.0 Å². The molecule has 0 saturated carbocycles. The highest BCUT2D eigenvalue weighted by atomic mass is 19.4. The molecule has 144 valence electrons. The van der Waals surface area contributed by atoms with Crippen LogP contribution in [0.5, 0.6) is 0 Å². The molecule has 0 unspecified atom stereocenters. The SMILES string of the molecule is COCc1ccccc1CNC(=O)CN1C[C@@H](C(F)(F)F)[C@H](C(=O)O)C1. The Morgan fingerprint density at radius 1 is 1.27 bits per heavy atom. The van der Waals surface area contributed by atoms with Crippen LogP contribution in [0.2, 0.25) is 0 Å². The van der Waals surface area contributed by atoms with Gasteiger partial charge in [-0.1, -0.05) is 24.3 Å². The van der Waals surface area contributed by atoms with E-state index < -0.39 is 36.4 Å². The molecular formula is C17H21F3N2O4. The van der Waals surface area contributed by atoms with E-state index in [-0.39, 0.29) is 19.6 Å². The van der Waals surface area contributed by atoms with Gasteiger partial charge in [0.1, 0.15) is 0 Å². The molecule has 1 fully saturated rings. The molecule has 0 aromatic heterocycles. The lowest BCUT2D eigenvalue weighted by molar-refractivity contribution is -0.188. The number of hydrogen-bond acceptors (Lipinski definition) is 4. The lowest BCUT2D eigenvalue weighted by atomic mass is 9.96. The van der Waals surface area contributed by atoms with E-state index in [1.54, 1.807) is 7.11 Å². The van der Waals surface area contributed by atoms with Gasteiger partial charge < -0.3 is 15.2 Å². The molecule has 0 aliphatic carbocycles. The molecule has 26 heavy (non-hydrogen) atoms. The van der Waals surface area contributed by atoms with E-state index in [1.807, 2.05) is 24.3 Å². The first kappa shape index (κ1) is 20.2. The van der Waals surface area contributed by atoms with Gasteiger partial charge in [-0.15, -0.1) is 0 Å². The maximum Gasteiger partial charge on any atom is 0.393 e. The van der Waals surface area contributed by atoms with Crippen LogP contribution >= 0.6 is 0 Å². The number of aliphatic carboxylic acids is 1. The van der Waals surface area contributed by atoms with Gasteiger partial charge in [-0.3, -0.25) is 14.5 Å². The summed E-state index contributed by atoms with van der Waals surface area (Å²) in [6.45, 7) is -0.465. The summed E-state index contributed by atoms with van der Waals surface area (Å²) in [6.07, 6.45) is -4.60. The minimum Gasteiger partial charge on any atom is -0.481 e. The molecule has 2 atom stereocenters. The summed E-state index contributed by atoms with van der Waals surface area (Å²) >= 11 is 0. The van der Waals surface area contributed by atoms with Crippen molar-refractivity contribution in [1.29, 1.82) is 0 Å². The molecule has 0 radical (unpaired) electrons. The zero-order valence-electron chi connectivity index (χ0n) is 14.3. The Balaban J connectivity index is 1.91. The second kappa shape index (κ2) is 8.50. The van der Waals surface area contributed by atoms with E-state index in [0.717, 1.165) is 11.1 Å². The number of hydrogen-bond donors (Lipinski definition) is 2. The summed E-state index contributed by atoms with van der Waals surface area (Å²) in [5, 5.41) is 11.7. The van der Waals surface area contributed by atoms with Gasteiger partial charge in [-0.2, -0.15) is 13.2 Å². The van der Waals surface area contributed by atoms with E-state index in [1.165, 1.54) is 4.90 Å². The van der Waals surface area contributed by atoms with Crippen LogP contribution in [0.15, 0.2) is 24.3 Å². The highest BCUT2D eigenvalue weighted by molar-refractivity contribution is 5.78. The quantitative estimate of drug-likeness (QED) is 0.759. The summed E-state index contributed by atoms with van der Waals surface area (Å²) < 4.78 is 44.0. The number of alkyl halides is 3. The largest absolute Gasteiger partial charge is 0.481 e. The van der Waals surface area contributed by atoms with Gasteiger partial charge >= 0.3 is 12.1 Å². The van der Waals surface area contributed by atoms with Crippen molar-refractivity contribution >= 4 is 11.9 Å². The van der Waals surface area contributed by atoms with E-state index in [2.05, 4.69) is 5.32 Å². The fourth-order valence-corrected chi connectivity index (χ4v) is 3.08. The normalized spacial score (nSPS) is 20.9. The number of methoxy groups -OCH3 is 1. The number of nitrogens with one attached hydrogen (secondary N) is 1. The Morgan fingerprint density at radius 2 is 1.92 bits per heavy atom. The summed E-state index contributed by atoms with van der Waals surface area (Å²) in [5.74, 6) is -5.46. The third-order valence-corrected chi connectivity index (χ3v) is 4.39. The van der Waals surface area contributed by atoms with Gasteiger partial charge in [-0.05, 0) is 11.1 Å². The number of amides is 1. The van der Waals surface area contributed by atoms with Crippen LogP contribution < -0.4 is 5.32 Å². The first-order valence-corrected chi connectivity index (χ1v) is 8.06. The number of carboxylic acids is 1. The molecule has 9 heteroatoms. The predicted molar refractivity (Wildman–Crippen MR) is 86.1 cm³/mol. The van der Waals surface area contributed by atoms with Crippen LogP contribution in [0.1, 0.15) is 11.1 Å². The van der Waals surface area contributed by atoms with Crippen molar-refractivity contribution in [3.05, 3.63) is 35.4 Å². The molecule has 2 rings (SSSR count). The minimum atomic E-state index is -4.60. The number of carboxylic acid groups (broad SMARTS) is 1. The van der Waals surface area contributed by atoms with E-state index in [0.29, 0.717) is 6.61 Å². The number of carbonyl (C=O) groups is 2. The molecule has 1 heterocycles. The van der Waals surface area contributed by atoms with Crippen LogP contribution in [-0.4, -0.2) is 54.8 Å². The molecule has 1 aliphatic rings. The smallest absolute Gasteiger partial charge is 0.393 e. The number of rotatable bonds is 7. The van der Waals surface area contributed by atoms with Gasteiger partial charge in [0.15, 0.2) is 0 Å². The summed E-state index contributed by atoms with van der Waals surface area (Å²) in [7, 11) is 1.55. The van der Waals surface area contributed by atoms with Gasteiger partial charge in [-0.25, -0.2) is 0 Å². The van der Waals surface area contributed by atoms with E-state index in [4.69, 9.17) is 9.84 Å². The van der Waals surface area contributed by atoms with Crippen molar-refractivity contribution in [3.8, 4) is 0 Å². The predicted octanol–water partition coefficient (Wildman–Crippen LogP) is 1.64. The number of likely N-dealkylation sites (tertiary alicyclic amines) is 1. The highest BCUT2D eigenvalue weighted by Gasteiger charge is 2.52. The van der Waals surface area contributed by atoms with Gasteiger partial charge in [0.25, 0.3) is 0 Å². The minimum absolute atomic E-state index is 0.220. The van der Waals surface area contributed by atoms with Crippen molar-refractivity contribution < 1.29 is 32.6 Å². The molecule has 6 nitrogen and oxygen atoms in total. The van der Waals surface area contributed by atoms with E-state index >= 15 is 0 Å². The summed E-state index contributed by atoms with van der Waals surface area (Å²) in [4.78, 5) is 24.4. The first-order valence-electron chi connectivity index (χ1n) is 8.06. The molecular weight excluding hydrogens is 353 g/mol. The van der Waals surface area contributed by atoms with Crippen LogP contribution in [-0.2, 0) is 27.5 Å². The van der Waals surface area contributed by atoms with Crippen molar-refractivity contribution in [2.24, 2.45) is 11.8 Å². The Labute approximate surface area is 148 Å². The maximum absolute atomic E-state index is 13.0. The Hall–Kier alpha value is -2.13. The number of ether oxygens (including phenoxy) is 1. The summed E-state index contributed by atoms with van der Waals surface area (Å²) in [6, 6.07) is 7.33. The van der Waals surface area contributed by atoms with Crippen molar-refractivity contribution in [2.75, 3.05) is 26.7 Å². The van der Waals surface area contributed by atoms with Crippen LogP contribution in [0.4, 0.5) is 13.2 Å². The molecule has 0 bridgehead atoms. The molecule has 2 N–H and O–H groups in total. The number of benzene rings is 1. The molecule has 1 aromatic carbocycles. The van der Waals surface area contributed by atoms with Gasteiger partial charge in [0, 0.05) is 26.7 Å². The Bertz CT molecular complexity index is 651. The number of carbonyl (C=O) groups excluding carboxylic acids is 1. The average molecular weight is 374 g/mol. The second-order valence-corrected chi connectivity index (χ2v) is 6.27. The Morgan fingerprint density at radius 3 is 2.46 bits per heavy atom. The molecule has 1 aliphatic heterocycles. The Kier molecular flexibility index (Phi) is 6.60. The van der Waals surface area contributed by atoms with Crippen molar-refractivity contribution in [2.45, 2.75) is 19.3 Å². The van der Waals surface area contributed by atoms with Crippen molar-refractivity contribution in [1.82, 2.24) is 10.2 Å². The van der Waals surface area contributed by atoms with Gasteiger partial charge in [0.2, 0.25) is 5.91 Å². The molecule has 0 spiro atoms. The fraction of sp³-hybridized carbons (Fsp3) is 0.529. The topological polar surface area (TPSA) is 78.9 Å².